The van der Waals surface area contributed by atoms with Crippen LogP contribution in [0.4, 0.5) is 14.5 Å². The van der Waals surface area contributed by atoms with Gasteiger partial charge in [-0.05, 0) is 31.2 Å². The number of amides is 2. The molecule has 0 spiro atoms. The van der Waals surface area contributed by atoms with Crippen LogP contribution in [0.3, 0.4) is 0 Å². The maximum Gasteiger partial charge on any atom is 0.265 e. The summed E-state index contributed by atoms with van der Waals surface area (Å²) < 4.78 is 31.5. The molecule has 0 bridgehead atoms. The molecular formula is C16H14F2N2O3. The largest absolute Gasteiger partial charge is 0.478 e. The maximum atomic E-state index is 13.5. The van der Waals surface area contributed by atoms with Crippen molar-refractivity contribution in [2.75, 3.05) is 5.32 Å². The molecule has 0 saturated heterocycles. The van der Waals surface area contributed by atoms with E-state index in [9.17, 15) is 18.4 Å². The fourth-order valence-corrected chi connectivity index (χ4v) is 1.86. The summed E-state index contributed by atoms with van der Waals surface area (Å²) in [5.74, 6) is -3.22. The highest BCUT2D eigenvalue weighted by Gasteiger charge is 2.19. The Labute approximate surface area is 131 Å². The zero-order chi connectivity index (χ0) is 17.0. The Bertz CT molecular complexity index is 750. The lowest BCUT2D eigenvalue weighted by Gasteiger charge is -2.16. The Morgan fingerprint density at radius 3 is 2.52 bits per heavy atom. The van der Waals surface area contributed by atoms with Crippen molar-refractivity contribution in [2.24, 2.45) is 5.73 Å². The molecule has 2 rings (SSSR count). The van der Waals surface area contributed by atoms with E-state index in [2.05, 4.69) is 5.32 Å². The molecule has 0 unspecified atom stereocenters. The van der Waals surface area contributed by atoms with Gasteiger partial charge in [0, 0.05) is 6.07 Å². The summed E-state index contributed by atoms with van der Waals surface area (Å²) in [7, 11) is 0. The average molecular weight is 320 g/mol. The molecule has 0 radical (unpaired) electrons. The highest BCUT2D eigenvalue weighted by molar-refractivity contribution is 6.03. The van der Waals surface area contributed by atoms with Gasteiger partial charge in [-0.1, -0.05) is 12.1 Å². The van der Waals surface area contributed by atoms with Crippen LogP contribution in [0.1, 0.15) is 17.3 Å². The molecule has 2 aromatic carbocycles. The lowest BCUT2D eigenvalue weighted by Crippen LogP contribution is -2.31. The van der Waals surface area contributed by atoms with E-state index in [1.165, 1.54) is 19.1 Å². The minimum Gasteiger partial charge on any atom is -0.478 e. The molecule has 23 heavy (non-hydrogen) atoms. The van der Waals surface area contributed by atoms with Crippen LogP contribution in [0.25, 0.3) is 0 Å². The van der Waals surface area contributed by atoms with Crippen molar-refractivity contribution in [1.29, 1.82) is 0 Å². The summed E-state index contributed by atoms with van der Waals surface area (Å²) in [4.78, 5) is 23.4. The molecule has 0 aromatic heterocycles. The molecule has 0 aliphatic heterocycles. The van der Waals surface area contributed by atoms with E-state index in [1.807, 2.05) is 0 Å². The second kappa shape index (κ2) is 6.87. The number of primary amides is 1. The average Bonchev–Trinajstić information content (AvgIpc) is 2.50. The summed E-state index contributed by atoms with van der Waals surface area (Å²) in [6, 6.07) is 8.95. The number of carbonyl (C=O) groups excluding carboxylic acids is 2. The fourth-order valence-electron chi connectivity index (χ4n) is 1.86. The normalized spacial score (nSPS) is 11.6. The first-order chi connectivity index (χ1) is 10.9. The van der Waals surface area contributed by atoms with E-state index in [0.717, 1.165) is 12.1 Å². The minimum atomic E-state index is -1.07. The Hall–Kier alpha value is -2.96. The van der Waals surface area contributed by atoms with E-state index in [1.54, 1.807) is 12.1 Å². The van der Waals surface area contributed by atoms with Gasteiger partial charge >= 0.3 is 0 Å². The predicted octanol–water partition coefficient (Wildman–Crippen LogP) is 2.47. The molecule has 3 N–H and O–H groups in total. The molecule has 2 amide bonds. The van der Waals surface area contributed by atoms with Crippen LogP contribution >= 0.6 is 0 Å². The van der Waals surface area contributed by atoms with Crippen LogP contribution in [0, 0.1) is 11.6 Å². The third kappa shape index (κ3) is 4.03. The topological polar surface area (TPSA) is 81.4 Å². The quantitative estimate of drug-likeness (QED) is 0.888. The van der Waals surface area contributed by atoms with Gasteiger partial charge in [-0.25, -0.2) is 8.78 Å². The first-order valence-corrected chi connectivity index (χ1v) is 6.70. The molecule has 0 heterocycles. The van der Waals surface area contributed by atoms with Gasteiger partial charge in [-0.2, -0.15) is 0 Å². The van der Waals surface area contributed by atoms with Crippen LogP contribution in [-0.2, 0) is 4.79 Å². The van der Waals surface area contributed by atoms with Crippen LogP contribution in [0.2, 0.25) is 0 Å². The van der Waals surface area contributed by atoms with Crippen LogP contribution in [0.15, 0.2) is 42.5 Å². The van der Waals surface area contributed by atoms with Crippen molar-refractivity contribution in [3.63, 3.8) is 0 Å². The minimum absolute atomic E-state index is 0.140. The molecule has 0 saturated carbocycles. The highest BCUT2D eigenvalue weighted by Crippen LogP contribution is 2.20. The fraction of sp³-hybridized carbons (Fsp3) is 0.125. The van der Waals surface area contributed by atoms with E-state index in [-0.39, 0.29) is 17.0 Å². The Balaban J connectivity index is 2.10. The first-order valence-electron chi connectivity index (χ1n) is 6.70. The van der Waals surface area contributed by atoms with E-state index >= 15 is 0 Å². The number of carbonyl (C=O) groups is 2. The number of nitrogens with two attached hydrogens (primary N) is 1. The van der Waals surface area contributed by atoms with E-state index < -0.39 is 29.6 Å². The van der Waals surface area contributed by atoms with Crippen molar-refractivity contribution in [2.45, 2.75) is 13.0 Å². The van der Waals surface area contributed by atoms with E-state index in [0.29, 0.717) is 6.07 Å². The first kappa shape index (κ1) is 16.4. The van der Waals surface area contributed by atoms with Gasteiger partial charge in [0.25, 0.3) is 11.8 Å². The third-order valence-corrected chi connectivity index (χ3v) is 3.02. The van der Waals surface area contributed by atoms with Gasteiger partial charge in [-0.3, -0.25) is 9.59 Å². The monoisotopic (exact) mass is 320 g/mol. The van der Waals surface area contributed by atoms with Gasteiger partial charge in [-0.15, -0.1) is 0 Å². The molecule has 120 valence electrons. The van der Waals surface area contributed by atoms with Crippen LogP contribution < -0.4 is 15.8 Å². The molecule has 1 atom stereocenters. The number of halogens is 2. The Morgan fingerprint density at radius 2 is 1.87 bits per heavy atom. The van der Waals surface area contributed by atoms with Crippen molar-refractivity contribution in [3.8, 4) is 5.75 Å². The number of hydrogen-bond acceptors (Lipinski definition) is 3. The molecule has 2 aromatic rings. The van der Waals surface area contributed by atoms with E-state index in [4.69, 9.17) is 10.5 Å². The predicted molar refractivity (Wildman–Crippen MR) is 80.0 cm³/mol. The maximum absolute atomic E-state index is 13.5. The van der Waals surface area contributed by atoms with Gasteiger partial charge in [0.1, 0.15) is 5.82 Å². The highest BCUT2D eigenvalue weighted by atomic mass is 19.1. The summed E-state index contributed by atoms with van der Waals surface area (Å²) in [5.41, 5.74) is 5.58. The molecule has 7 heteroatoms. The SMILES string of the molecule is C[C@H](Oc1ccc(F)cc1F)C(=O)Nc1ccccc1C(N)=O. The smallest absolute Gasteiger partial charge is 0.265 e. The molecule has 5 nitrogen and oxygen atoms in total. The number of nitrogens with one attached hydrogen (secondary N) is 1. The summed E-state index contributed by atoms with van der Waals surface area (Å²) in [6.45, 7) is 1.39. The number of hydrogen-bond donors (Lipinski definition) is 2. The number of rotatable bonds is 5. The Kier molecular flexibility index (Phi) is 4.90. The zero-order valence-corrected chi connectivity index (χ0v) is 12.2. The Morgan fingerprint density at radius 1 is 1.17 bits per heavy atom. The van der Waals surface area contributed by atoms with Gasteiger partial charge < -0.3 is 15.8 Å². The molecular weight excluding hydrogens is 306 g/mol. The van der Waals surface area contributed by atoms with Crippen LogP contribution in [0.5, 0.6) is 5.75 Å². The van der Waals surface area contributed by atoms with Gasteiger partial charge in [0.15, 0.2) is 17.7 Å². The summed E-state index contributed by atoms with van der Waals surface area (Å²) in [5, 5.41) is 2.48. The second-order valence-electron chi connectivity index (χ2n) is 4.73. The number of para-hydroxylation sites is 1. The summed E-state index contributed by atoms with van der Waals surface area (Å²) in [6.07, 6.45) is -1.07. The lowest BCUT2D eigenvalue weighted by atomic mass is 10.1. The van der Waals surface area contributed by atoms with Gasteiger partial charge in [0.2, 0.25) is 0 Å². The van der Waals surface area contributed by atoms with Crippen LogP contribution in [-0.4, -0.2) is 17.9 Å². The second-order valence-corrected chi connectivity index (χ2v) is 4.73. The lowest BCUT2D eigenvalue weighted by molar-refractivity contribution is -0.122. The number of anilines is 1. The van der Waals surface area contributed by atoms with Crippen molar-refractivity contribution < 1.29 is 23.1 Å². The van der Waals surface area contributed by atoms with Gasteiger partial charge in [0.05, 0.1) is 11.3 Å². The molecule has 0 aliphatic carbocycles. The van der Waals surface area contributed by atoms with Crippen molar-refractivity contribution in [1.82, 2.24) is 0 Å². The standard InChI is InChI=1S/C16H14F2N2O3/c1-9(23-14-7-6-10(17)8-12(14)18)16(22)20-13-5-3-2-4-11(13)15(19)21/h2-9H,1H3,(H2,19,21)(H,20,22)/t9-/m0/s1. The zero-order valence-electron chi connectivity index (χ0n) is 12.2. The van der Waals surface area contributed by atoms with Crippen molar-refractivity contribution >= 4 is 17.5 Å². The summed E-state index contributed by atoms with van der Waals surface area (Å²) >= 11 is 0. The third-order valence-electron chi connectivity index (χ3n) is 3.02. The number of benzene rings is 2. The molecule has 0 aliphatic rings. The molecule has 0 fully saturated rings. The van der Waals surface area contributed by atoms with Crippen molar-refractivity contribution in [3.05, 3.63) is 59.7 Å². The number of ether oxygens (including phenoxy) is 1.